The largest absolute Gasteiger partial charge is 0.497 e. The molecule has 0 fully saturated rings. The second-order valence-corrected chi connectivity index (χ2v) is 4.66. The molecular weight excluding hydrogens is 292 g/mol. The second-order valence-electron chi connectivity index (χ2n) is 4.66. The molecule has 5 heteroatoms. The van der Waals surface area contributed by atoms with Gasteiger partial charge in [-0.3, -0.25) is 5.43 Å². The fourth-order valence-corrected chi connectivity index (χ4v) is 2.00. The van der Waals surface area contributed by atoms with Crippen molar-refractivity contribution in [1.29, 1.82) is 0 Å². The van der Waals surface area contributed by atoms with Crippen LogP contribution in [0.25, 0.3) is 0 Å². The molecule has 0 amide bonds. The molecule has 0 radical (unpaired) electrons. The Balaban J connectivity index is 2.07. The summed E-state index contributed by atoms with van der Waals surface area (Å²) in [6.45, 7) is 5.11. The first-order valence-electron chi connectivity index (χ1n) is 7.59. The third kappa shape index (κ3) is 4.92. The summed E-state index contributed by atoms with van der Waals surface area (Å²) in [6.07, 6.45) is 1.73. The molecular formula is C18H22N2O3. The molecule has 2 rings (SSSR count). The topological polar surface area (TPSA) is 52.1 Å². The summed E-state index contributed by atoms with van der Waals surface area (Å²) in [5.41, 5.74) is 4.75. The predicted octanol–water partition coefficient (Wildman–Crippen LogP) is 3.94. The van der Waals surface area contributed by atoms with Crippen LogP contribution in [0.4, 0.5) is 5.69 Å². The van der Waals surface area contributed by atoms with Crippen molar-refractivity contribution in [3.63, 3.8) is 0 Å². The highest BCUT2D eigenvalue weighted by Gasteiger charge is 2.04. The summed E-state index contributed by atoms with van der Waals surface area (Å²) in [5.74, 6) is 2.35. The number of hydrazone groups is 1. The van der Waals surface area contributed by atoms with E-state index in [0.717, 1.165) is 28.5 Å². The normalized spacial score (nSPS) is 10.6. The van der Waals surface area contributed by atoms with Gasteiger partial charge in [-0.05, 0) is 50.2 Å². The molecule has 5 nitrogen and oxygen atoms in total. The quantitative estimate of drug-likeness (QED) is 0.592. The number of anilines is 1. The molecule has 0 saturated carbocycles. The lowest BCUT2D eigenvalue weighted by molar-refractivity contribution is 0.323. The van der Waals surface area contributed by atoms with Gasteiger partial charge in [0.25, 0.3) is 0 Å². The third-order valence-corrected chi connectivity index (χ3v) is 3.08. The van der Waals surface area contributed by atoms with E-state index < -0.39 is 0 Å². The Kier molecular flexibility index (Phi) is 6.29. The lowest BCUT2D eigenvalue weighted by Crippen LogP contribution is -1.99. The Morgan fingerprint density at radius 2 is 1.65 bits per heavy atom. The summed E-state index contributed by atoms with van der Waals surface area (Å²) in [4.78, 5) is 0. The van der Waals surface area contributed by atoms with Gasteiger partial charge in [0, 0.05) is 11.6 Å². The number of ether oxygens (including phenoxy) is 3. The lowest BCUT2D eigenvalue weighted by atomic mass is 10.2. The molecule has 0 unspecified atom stereocenters. The van der Waals surface area contributed by atoms with Crippen LogP contribution < -0.4 is 19.6 Å². The molecule has 1 N–H and O–H groups in total. The lowest BCUT2D eigenvalue weighted by Gasteiger charge is -2.10. The maximum Gasteiger partial charge on any atom is 0.131 e. The van der Waals surface area contributed by atoms with Crippen LogP contribution in [0.1, 0.15) is 19.4 Å². The Morgan fingerprint density at radius 1 is 0.957 bits per heavy atom. The van der Waals surface area contributed by atoms with Gasteiger partial charge in [-0.2, -0.15) is 5.10 Å². The summed E-state index contributed by atoms with van der Waals surface area (Å²) < 4.78 is 16.3. The molecule has 0 aromatic heterocycles. The molecule has 0 spiro atoms. The SMILES string of the molecule is CCOc1ccc(/C=N/Nc2ccc(OC)cc2)c(OCC)c1. The Labute approximate surface area is 136 Å². The molecule has 0 heterocycles. The van der Waals surface area contributed by atoms with Gasteiger partial charge in [-0.1, -0.05) is 0 Å². The maximum atomic E-state index is 5.64. The summed E-state index contributed by atoms with van der Waals surface area (Å²) >= 11 is 0. The standard InChI is InChI=1S/C18H22N2O3/c1-4-22-17-9-6-14(18(12-17)23-5-2)13-19-20-15-7-10-16(21-3)11-8-15/h6-13,20H,4-5H2,1-3H3/b19-13+. The van der Waals surface area contributed by atoms with Gasteiger partial charge >= 0.3 is 0 Å². The average molecular weight is 314 g/mol. The predicted molar refractivity (Wildman–Crippen MR) is 93.0 cm³/mol. The fourth-order valence-electron chi connectivity index (χ4n) is 2.00. The molecule has 0 saturated heterocycles. The highest BCUT2D eigenvalue weighted by atomic mass is 16.5. The van der Waals surface area contributed by atoms with Crippen LogP contribution in [0.5, 0.6) is 17.2 Å². The van der Waals surface area contributed by atoms with Crippen LogP contribution in [-0.4, -0.2) is 26.5 Å². The average Bonchev–Trinajstić information content (AvgIpc) is 2.58. The number of hydrogen-bond acceptors (Lipinski definition) is 5. The van der Waals surface area contributed by atoms with Gasteiger partial charge in [0.05, 0.1) is 32.2 Å². The van der Waals surface area contributed by atoms with E-state index in [-0.39, 0.29) is 0 Å². The molecule has 2 aromatic rings. The van der Waals surface area contributed by atoms with E-state index >= 15 is 0 Å². The first-order valence-corrected chi connectivity index (χ1v) is 7.59. The second kappa shape index (κ2) is 8.68. The zero-order valence-corrected chi connectivity index (χ0v) is 13.7. The third-order valence-electron chi connectivity index (χ3n) is 3.08. The summed E-state index contributed by atoms with van der Waals surface area (Å²) in [5, 5.41) is 4.25. The van der Waals surface area contributed by atoms with Gasteiger partial charge in [-0.25, -0.2) is 0 Å². The Morgan fingerprint density at radius 3 is 2.30 bits per heavy atom. The van der Waals surface area contributed by atoms with Crippen LogP contribution in [0.3, 0.4) is 0 Å². The fraction of sp³-hybridized carbons (Fsp3) is 0.278. The van der Waals surface area contributed by atoms with Crippen molar-refractivity contribution in [3.8, 4) is 17.2 Å². The highest BCUT2D eigenvalue weighted by molar-refractivity contribution is 5.84. The van der Waals surface area contributed by atoms with E-state index in [1.165, 1.54) is 0 Å². The summed E-state index contributed by atoms with van der Waals surface area (Å²) in [7, 11) is 1.64. The Bertz CT molecular complexity index is 639. The smallest absolute Gasteiger partial charge is 0.131 e. The van der Waals surface area contributed by atoms with Crippen LogP contribution in [0.2, 0.25) is 0 Å². The molecule has 0 aliphatic carbocycles. The molecule has 2 aromatic carbocycles. The van der Waals surface area contributed by atoms with Gasteiger partial charge < -0.3 is 14.2 Å². The van der Waals surface area contributed by atoms with Crippen LogP contribution in [0, 0.1) is 0 Å². The molecule has 23 heavy (non-hydrogen) atoms. The van der Waals surface area contributed by atoms with Crippen LogP contribution >= 0.6 is 0 Å². The minimum absolute atomic E-state index is 0.586. The van der Waals surface area contributed by atoms with Crippen molar-refractivity contribution in [2.24, 2.45) is 5.10 Å². The van der Waals surface area contributed by atoms with Crippen molar-refractivity contribution in [2.45, 2.75) is 13.8 Å². The Hall–Kier alpha value is -2.69. The first-order chi connectivity index (χ1) is 11.3. The van der Waals surface area contributed by atoms with Crippen molar-refractivity contribution in [1.82, 2.24) is 0 Å². The number of nitrogens with zero attached hydrogens (tertiary/aromatic N) is 1. The number of hydrogen-bond donors (Lipinski definition) is 1. The molecule has 0 aliphatic heterocycles. The minimum Gasteiger partial charge on any atom is -0.497 e. The molecule has 0 bridgehead atoms. The van der Waals surface area contributed by atoms with Gasteiger partial charge in [0.15, 0.2) is 0 Å². The minimum atomic E-state index is 0.586. The van der Waals surface area contributed by atoms with E-state index in [2.05, 4.69) is 10.5 Å². The number of benzene rings is 2. The zero-order chi connectivity index (χ0) is 16.5. The van der Waals surface area contributed by atoms with Gasteiger partial charge in [0.2, 0.25) is 0 Å². The zero-order valence-electron chi connectivity index (χ0n) is 13.7. The maximum absolute atomic E-state index is 5.64. The number of nitrogens with one attached hydrogen (secondary N) is 1. The van der Waals surface area contributed by atoms with Crippen LogP contribution in [0.15, 0.2) is 47.6 Å². The van der Waals surface area contributed by atoms with Crippen molar-refractivity contribution < 1.29 is 14.2 Å². The van der Waals surface area contributed by atoms with Crippen LogP contribution in [-0.2, 0) is 0 Å². The van der Waals surface area contributed by atoms with E-state index in [1.54, 1.807) is 13.3 Å². The van der Waals surface area contributed by atoms with Crippen molar-refractivity contribution in [2.75, 3.05) is 25.7 Å². The number of methoxy groups -OCH3 is 1. The van der Waals surface area contributed by atoms with Gasteiger partial charge in [-0.15, -0.1) is 0 Å². The monoisotopic (exact) mass is 314 g/mol. The van der Waals surface area contributed by atoms with Crippen molar-refractivity contribution in [3.05, 3.63) is 48.0 Å². The first kappa shape index (κ1) is 16.7. The molecule has 0 aliphatic rings. The molecule has 122 valence electrons. The van der Waals surface area contributed by atoms with E-state index in [9.17, 15) is 0 Å². The van der Waals surface area contributed by atoms with E-state index in [0.29, 0.717) is 13.2 Å². The van der Waals surface area contributed by atoms with E-state index in [1.807, 2.05) is 56.3 Å². The van der Waals surface area contributed by atoms with Gasteiger partial charge in [0.1, 0.15) is 17.2 Å². The summed E-state index contributed by atoms with van der Waals surface area (Å²) in [6, 6.07) is 13.3. The molecule has 0 atom stereocenters. The van der Waals surface area contributed by atoms with Crippen molar-refractivity contribution >= 4 is 11.9 Å². The van der Waals surface area contributed by atoms with E-state index in [4.69, 9.17) is 14.2 Å². The highest BCUT2D eigenvalue weighted by Crippen LogP contribution is 2.24. The number of rotatable bonds is 8.